The molecular formula is C24H22. The molecule has 0 heterocycles. The van der Waals surface area contributed by atoms with Crippen molar-refractivity contribution in [3.05, 3.63) is 96.1 Å². The van der Waals surface area contributed by atoms with Gasteiger partial charge in [-0.1, -0.05) is 97.1 Å². The second-order valence-corrected chi connectivity index (χ2v) is 6.13. The van der Waals surface area contributed by atoms with Gasteiger partial charge in [0.15, 0.2) is 0 Å². The third-order valence-electron chi connectivity index (χ3n) is 4.42. The van der Waals surface area contributed by atoms with Crippen LogP contribution in [0, 0.1) is 13.8 Å². The molecule has 0 fully saturated rings. The lowest BCUT2D eigenvalue weighted by Crippen LogP contribution is -1.92. The van der Waals surface area contributed by atoms with E-state index in [1.165, 1.54) is 33.4 Å². The maximum atomic E-state index is 4.04. The zero-order valence-corrected chi connectivity index (χ0v) is 14.3. The molecule has 0 spiro atoms. The summed E-state index contributed by atoms with van der Waals surface area (Å²) in [5.74, 6) is 0. The molecular weight excluding hydrogens is 288 g/mol. The fraction of sp³-hybridized carbons (Fsp3) is 0.0833. The highest BCUT2D eigenvalue weighted by atomic mass is 14.2. The van der Waals surface area contributed by atoms with Gasteiger partial charge in [-0.3, -0.25) is 0 Å². The molecule has 24 heavy (non-hydrogen) atoms. The van der Waals surface area contributed by atoms with E-state index in [4.69, 9.17) is 0 Å². The molecule has 0 aliphatic heterocycles. The van der Waals surface area contributed by atoms with Crippen LogP contribution in [-0.2, 0) is 0 Å². The van der Waals surface area contributed by atoms with E-state index < -0.39 is 0 Å². The topological polar surface area (TPSA) is 0 Å². The van der Waals surface area contributed by atoms with Gasteiger partial charge in [0.05, 0.1) is 0 Å². The second-order valence-electron chi connectivity index (χ2n) is 6.13. The third kappa shape index (κ3) is 2.96. The molecule has 0 unspecified atom stereocenters. The minimum absolute atomic E-state index is 1.13. The van der Waals surface area contributed by atoms with Gasteiger partial charge in [-0.05, 0) is 47.2 Å². The van der Waals surface area contributed by atoms with E-state index in [9.17, 15) is 0 Å². The molecule has 0 aliphatic carbocycles. The van der Waals surface area contributed by atoms with Crippen molar-refractivity contribution in [3.8, 4) is 22.3 Å². The Morgan fingerprint density at radius 3 is 1.17 bits per heavy atom. The Balaban J connectivity index is 2.21. The fourth-order valence-corrected chi connectivity index (χ4v) is 3.05. The Morgan fingerprint density at radius 2 is 0.875 bits per heavy atom. The molecule has 0 saturated heterocycles. The van der Waals surface area contributed by atoms with Crippen molar-refractivity contribution in [2.45, 2.75) is 13.8 Å². The van der Waals surface area contributed by atoms with Crippen molar-refractivity contribution >= 4 is 12.2 Å². The van der Waals surface area contributed by atoms with Gasteiger partial charge >= 0.3 is 0 Å². The summed E-state index contributed by atoms with van der Waals surface area (Å²) in [6.07, 6.45) is 3.87. The molecule has 118 valence electrons. The van der Waals surface area contributed by atoms with E-state index >= 15 is 0 Å². The van der Waals surface area contributed by atoms with Gasteiger partial charge in [0, 0.05) is 0 Å². The maximum Gasteiger partial charge on any atom is -0.0105 e. The first-order chi connectivity index (χ1) is 11.6. The Morgan fingerprint density at radius 1 is 0.542 bits per heavy atom. The van der Waals surface area contributed by atoms with Gasteiger partial charge in [-0.2, -0.15) is 0 Å². The first-order valence-electron chi connectivity index (χ1n) is 8.20. The molecule has 0 radical (unpaired) electrons. The lowest BCUT2D eigenvalue weighted by atomic mass is 9.89. The lowest BCUT2D eigenvalue weighted by Gasteiger charge is -2.15. The molecule has 0 nitrogen and oxygen atoms in total. The molecule has 0 bridgehead atoms. The van der Waals surface area contributed by atoms with Crippen LogP contribution in [-0.4, -0.2) is 0 Å². The average Bonchev–Trinajstić information content (AvgIpc) is 2.62. The largest absolute Gasteiger partial charge is 0.0984 e. The van der Waals surface area contributed by atoms with Crippen molar-refractivity contribution in [1.82, 2.24) is 0 Å². The predicted octanol–water partition coefficient (Wildman–Crippen LogP) is 6.92. The fourth-order valence-electron chi connectivity index (χ4n) is 3.05. The highest BCUT2D eigenvalue weighted by Crippen LogP contribution is 2.35. The summed E-state index contributed by atoms with van der Waals surface area (Å²) < 4.78 is 0. The van der Waals surface area contributed by atoms with Crippen molar-refractivity contribution in [2.75, 3.05) is 0 Å². The van der Waals surface area contributed by atoms with Crippen molar-refractivity contribution < 1.29 is 0 Å². The molecule has 3 aromatic rings. The molecule has 3 aromatic carbocycles. The van der Waals surface area contributed by atoms with Crippen LogP contribution in [0.4, 0.5) is 0 Å². The van der Waals surface area contributed by atoms with Gasteiger partial charge in [-0.15, -0.1) is 0 Å². The van der Waals surface area contributed by atoms with Crippen LogP contribution in [0.1, 0.15) is 22.3 Å². The van der Waals surface area contributed by atoms with Crippen molar-refractivity contribution in [3.63, 3.8) is 0 Å². The van der Waals surface area contributed by atoms with Crippen LogP contribution in [0.5, 0.6) is 0 Å². The SMILES string of the molecule is C=Cc1c(-c2ccc(C)cc2)ccc(-c2ccc(C)cc2)c1C=C. The summed E-state index contributed by atoms with van der Waals surface area (Å²) in [6, 6.07) is 21.6. The van der Waals surface area contributed by atoms with E-state index in [1.54, 1.807) is 0 Å². The molecule has 0 heteroatoms. The normalized spacial score (nSPS) is 10.4. The Labute approximate surface area is 144 Å². The molecule has 0 atom stereocenters. The molecule has 0 aromatic heterocycles. The number of benzene rings is 3. The van der Waals surface area contributed by atoms with E-state index in [2.05, 4.69) is 87.7 Å². The molecule has 0 N–H and O–H groups in total. The first-order valence-corrected chi connectivity index (χ1v) is 8.20. The first kappa shape index (κ1) is 16.0. The van der Waals surface area contributed by atoms with Gasteiger partial charge in [-0.25, -0.2) is 0 Å². The number of hydrogen-bond acceptors (Lipinski definition) is 0. The zero-order valence-electron chi connectivity index (χ0n) is 14.3. The standard InChI is InChI=1S/C24H22/c1-5-21-22(6-2)24(20-13-9-18(4)10-14-20)16-15-23(21)19-11-7-17(3)8-12-19/h5-16H,1-2H2,3-4H3. The van der Waals surface area contributed by atoms with Gasteiger partial charge in [0.1, 0.15) is 0 Å². The van der Waals surface area contributed by atoms with Gasteiger partial charge in [0.2, 0.25) is 0 Å². The zero-order chi connectivity index (χ0) is 17.1. The van der Waals surface area contributed by atoms with Crippen LogP contribution in [0.15, 0.2) is 73.8 Å². The maximum absolute atomic E-state index is 4.04. The lowest BCUT2D eigenvalue weighted by molar-refractivity contribution is 1.45. The van der Waals surface area contributed by atoms with E-state index in [0.29, 0.717) is 0 Å². The quantitative estimate of drug-likeness (QED) is 0.490. The monoisotopic (exact) mass is 310 g/mol. The average molecular weight is 310 g/mol. The summed E-state index contributed by atoms with van der Waals surface area (Å²) in [5, 5.41) is 0. The summed E-state index contributed by atoms with van der Waals surface area (Å²) in [5.41, 5.74) is 9.58. The van der Waals surface area contributed by atoms with E-state index in [0.717, 1.165) is 11.1 Å². The van der Waals surface area contributed by atoms with Crippen LogP contribution in [0.3, 0.4) is 0 Å². The van der Waals surface area contributed by atoms with Crippen LogP contribution in [0.2, 0.25) is 0 Å². The van der Waals surface area contributed by atoms with Crippen LogP contribution >= 0.6 is 0 Å². The predicted molar refractivity (Wildman–Crippen MR) is 107 cm³/mol. The van der Waals surface area contributed by atoms with Gasteiger partial charge in [0.25, 0.3) is 0 Å². The molecule has 3 rings (SSSR count). The minimum Gasteiger partial charge on any atom is -0.0984 e. The van der Waals surface area contributed by atoms with Crippen molar-refractivity contribution in [2.24, 2.45) is 0 Å². The Hall–Kier alpha value is -2.86. The van der Waals surface area contributed by atoms with Gasteiger partial charge < -0.3 is 0 Å². The number of rotatable bonds is 4. The summed E-state index contributed by atoms with van der Waals surface area (Å²) in [6.45, 7) is 12.3. The summed E-state index contributed by atoms with van der Waals surface area (Å²) in [4.78, 5) is 0. The number of aryl methyl sites for hydroxylation is 2. The molecule has 0 aliphatic rings. The molecule has 0 amide bonds. The summed E-state index contributed by atoms with van der Waals surface area (Å²) >= 11 is 0. The second kappa shape index (κ2) is 6.72. The van der Waals surface area contributed by atoms with Crippen molar-refractivity contribution in [1.29, 1.82) is 0 Å². The summed E-state index contributed by atoms with van der Waals surface area (Å²) in [7, 11) is 0. The Bertz CT molecular complexity index is 802. The minimum atomic E-state index is 1.13. The number of hydrogen-bond donors (Lipinski definition) is 0. The molecule has 0 saturated carbocycles. The third-order valence-corrected chi connectivity index (χ3v) is 4.42. The Kier molecular flexibility index (Phi) is 4.48. The highest BCUT2D eigenvalue weighted by molar-refractivity contribution is 5.88. The van der Waals surface area contributed by atoms with E-state index in [1.807, 2.05) is 12.2 Å². The van der Waals surface area contributed by atoms with Crippen LogP contribution in [0.25, 0.3) is 34.4 Å². The smallest absolute Gasteiger partial charge is 0.0105 e. The van der Waals surface area contributed by atoms with E-state index in [-0.39, 0.29) is 0 Å². The van der Waals surface area contributed by atoms with Crippen LogP contribution < -0.4 is 0 Å². The highest BCUT2D eigenvalue weighted by Gasteiger charge is 2.11.